The molecular formula is C24H21F2N3O5. The molecule has 5 rings (SSSR count). The predicted molar refractivity (Wildman–Crippen MR) is 117 cm³/mol. The number of ether oxygens (including phenoxy) is 2. The number of cyclic esters (lactones) is 1. The molecule has 1 atom stereocenters. The van der Waals surface area contributed by atoms with Crippen LogP contribution in [0.1, 0.15) is 42.9 Å². The molecule has 0 radical (unpaired) electrons. The highest BCUT2D eigenvalue weighted by Gasteiger charge is 2.44. The first-order chi connectivity index (χ1) is 16.3. The lowest BCUT2D eigenvalue weighted by Gasteiger charge is -2.32. The number of halogens is 2. The van der Waals surface area contributed by atoms with Crippen LogP contribution in [0.4, 0.5) is 8.78 Å². The molecule has 2 aromatic heterocycles. The van der Waals surface area contributed by atoms with Crippen LogP contribution in [-0.4, -0.2) is 28.0 Å². The van der Waals surface area contributed by atoms with E-state index in [9.17, 15) is 23.2 Å². The first-order valence-corrected chi connectivity index (χ1v) is 10.9. The summed E-state index contributed by atoms with van der Waals surface area (Å²) in [7, 11) is 0. The van der Waals surface area contributed by atoms with Crippen molar-refractivity contribution in [1.29, 1.82) is 0 Å². The summed E-state index contributed by atoms with van der Waals surface area (Å²) in [5, 5.41) is 0.410. The number of esters is 2. The number of aromatic nitrogens is 2. The topological polar surface area (TPSA) is 114 Å². The summed E-state index contributed by atoms with van der Waals surface area (Å²) in [6, 6.07) is 5.43. The van der Waals surface area contributed by atoms with Crippen LogP contribution in [-0.2, 0) is 37.8 Å². The highest BCUT2D eigenvalue weighted by molar-refractivity contribution is 5.84. The molecule has 176 valence electrons. The molecule has 0 saturated carbocycles. The highest BCUT2D eigenvalue weighted by atomic mass is 19.2. The van der Waals surface area contributed by atoms with Gasteiger partial charge in [-0.1, -0.05) is 6.92 Å². The number of hydrogen-bond acceptors (Lipinski definition) is 7. The van der Waals surface area contributed by atoms with Crippen molar-refractivity contribution in [2.24, 2.45) is 5.73 Å². The largest absolute Gasteiger partial charge is 0.460 e. The molecular weight excluding hydrogens is 448 g/mol. The van der Waals surface area contributed by atoms with Crippen LogP contribution in [0.15, 0.2) is 29.1 Å². The van der Waals surface area contributed by atoms with Gasteiger partial charge in [0.1, 0.15) is 12.2 Å². The number of carbonyl (C=O) groups is 2. The van der Waals surface area contributed by atoms with Gasteiger partial charge in [0.25, 0.3) is 5.56 Å². The van der Waals surface area contributed by atoms with Gasteiger partial charge >= 0.3 is 11.9 Å². The monoisotopic (exact) mass is 469 g/mol. The SMILES string of the molecule is CCC1(OC(=O)CCN)CC(=O)OCc2c1cc1n(c2=O)Cc2cc3cc(F)c(F)cc3nc2-1. The summed E-state index contributed by atoms with van der Waals surface area (Å²) in [5.41, 5.74) is 6.04. The van der Waals surface area contributed by atoms with Crippen molar-refractivity contribution in [2.75, 3.05) is 6.54 Å². The van der Waals surface area contributed by atoms with E-state index in [2.05, 4.69) is 4.98 Å². The Bertz CT molecular complexity index is 1430. The Balaban J connectivity index is 1.73. The third kappa shape index (κ3) is 3.37. The predicted octanol–water partition coefficient (Wildman–Crippen LogP) is 2.65. The van der Waals surface area contributed by atoms with Crippen molar-refractivity contribution in [3.8, 4) is 11.4 Å². The standard InChI is InChI=1S/C24H21F2N3O5/c1-2-24(34-20(30)3-4-27)9-21(31)33-11-14-15(24)7-19-22-13(10-29(19)23(14)32)5-12-6-16(25)17(26)8-18(12)28-22/h5-8H,2-4,9-11,27H2,1H3. The maximum atomic E-state index is 13.8. The molecule has 1 aromatic carbocycles. The molecule has 1 unspecified atom stereocenters. The van der Waals surface area contributed by atoms with Crippen LogP contribution in [0.3, 0.4) is 0 Å². The van der Waals surface area contributed by atoms with E-state index in [1.54, 1.807) is 19.1 Å². The molecule has 4 heterocycles. The molecule has 0 amide bonds. The van der Waals surface area contributed by atoms with Crippen LogP contribution in [0, 0.1) is 11.6 Å². The van der Waals surface area contributed by atoms with E-state index in [1.807, 2.05) is 0 Å². The Morgan fingerprint density at radius 3 is 2.74 bits per heavy atom. The Labute approximate surface area is 192 Å². The minimum absolute atomic E-state index is 0.0471. The lowest BCUT2D eigenvalue weighted by molar-refractivity contribution is -0.167. The van der Waals surface area contributed by atoms with Crippen LogP contribution in [0.25, 0.3) is 22.3 Å². The maximum Gasteiger partial charge on any atom is 0.310 e. The van der Waals surface area contributed by atoms with E-state index in [1.165, 1.54) is 4.57 Å². The number of rotatable bonds is 4. The fourth-order valence-electron chi connectivity index (χ4n) is 4.71. The molecule has 2 aliphatic rings. The van der Waals surface area contributed by atoms with Crippen LogP contribution >= 0.6 is 0 Å². The number of fused-ring (bicyclic) bond motifs is 5. The number of benzene rings is 1. The van der Waals surface area contributed by atoms with E-state index in [0.717, 1.165) is 12.1 Å². The Hall–Kier alpha value is -3.66. The summed E-state index contributed by atoms with van der Waals surface area (Å²) in [4.78, 5) is 42.8. The van der Waals surface area contributed by atoms with Gasteiger partial charge in [-0.3, -0.25) is 14.4 Å². The molecule has 10 heteroatoms. The fraction of sp³-hybridized carbons (Fsp3) is 0.333. The van der Waals surface area contributed by atoms with Crippen molar-refractivity contribution < 1.29 is 27.8 Å². The summed E-state index contributed by atoms with van der Waals surface area (Å²) in [6.07, 6.45) is -0.0798. The van der Waals surface area contributed by atoms with Crippen molar-refractivity contribution >= 4 is 22.8 Å². The van der Waals surface area contributed by atoms with Gasteiger partial charge in [-0.15, -0.1) is 0 Å². The summed E-state index contributed by atoms with van der Waals surface area (Å²) >= 11 is 0. The molecule has 0 fully saturated rings. The maximum absolute atomic E-state index is 13.8. The molecule has 2 N–H and O–H groups in total. The molecule has 2 aliphatic heterocycles. The zero-order chi connectivity index (χ0) is 24.2. The zero-order valence-electron chi connectivity index (χ0n) is 18.3. The van der Waals surface area contributed by atoms with E-state index in [0.29, 0.717) is 27.9 Å². The second-order valence-corrected chi connectivity index (χ2v) is 8.47. The Morgan fingerprint density at radius 1 is 1.24 bits per heavy atom. The first-order valence-electron chi connectivity index (χ1n) is 10.9. The smallest absolute Gasteiger partial charge is 0.310 e. The summed E-state index contributed by atoms with van der Waals surface area (Å²) in [6.45, 7) is 1.73. The van der Waals surface area contributed by atoms with Crippen LogP contribution < -0.4 is 11.3 Å². The number of nitrogens with zero attached hydrogens (tertiary/aromatic N) is 2. The van der Waals surface area contributed by atoms with Crippen molar-refractivity contribution in [3.63, 3.8) is 0 Å². The Kier molecular flexibility index (Phi) is 5.20. The van der Waals surface area contributed by atoms with Gasteiger partial charge in [0.05, 0.1) is 41.9 Å². The number of hydrogen-bond donors (Lipinski definition) is 1. The molecule has 0 spiro atoms. The molecule has 34 heavy (non-hydrogen) atoms. The van der Waals surface area contributed by atoms with Crippen LogP contribution in [0.2, 0.25) is 0 Å². The van der Waals surface area contributed by atoms with Gasteiger partial charge in [-0.2, -0.15) is 0 Å². The molecule has 0 aliphatic carbocycles. The van der Waals surface area contributed by atoms with E-state index < -0.39 is 34.7 Å². The fourth-order valence-corrected chi connectivity index (χ4v) is 4.71. The van der Waals surface area contributed by atoms with Gasteiger partial charge in [-0.25, -0.2) is 13.8 Å². The van der Waals surface area contributed by atoms with Gasteiger partial charge in [0.2, 0.25) is 0 Å². The normalized spacial score (nSPS) is 18.6. The van der Waals surface area contributed by atoms with Crippen molar-refractivity contribution in [2.45, 2.75) is 44.9 Å². The van der Waals surface area contributed by atoms with Gasteiger partial charge in [0.15, 0.2) is 11.6 Å². The van der Waals surface area contributed by atoms with Crippen molar-refractivity contribution in [3.05, 3.63) is 62.9 Å². The van der Waals surface area contributed by atoms with Crippen LogP contribution in [0.5, 0.6) is 0 Å². The number of carbonyl (C=O) groups excluding carboxylic acids is 2. The highest BCUT2D eigenvalue weighted by Crippen LogP contribution is 2.41. The lowest BCUT2D eigenvalue weighted by atomic mass is 9.85. The average molecular weight is 469 g/mol. The molecule has 0 saturated heterocycles. The number of nitrogens with two attached hydrogens (primary N) is 1. The lowest BCUT2D eigenvalue weighted by Crippen LogP contribution is -2.37. The van der Waals surface area contributed by atoms with Crippen molar-refractivity contribution in [1.82, 2.24) is 9.55 Å². The third-order valence-electron chi connectivity index (χ3n) is 6.43. The van der Waals surface area contributed by atoms with E-state index in [4.69, 9.17) is 15.2 Å². The van der Waals surface area contributed by atoms with Gasteiger partial charge in [-0.05, 0) is 24.6 Å². The average Bonchev–Trinajstić information content (AvgIpc) is 3.07. The minimum Gasteiger partial charge on any atom is -0.460 e. The third-order valence-corrected chi connectivity index (χ3v) is 6.43. The van der Waals surface area contributed by atoms with Gasteiger partial charge in [0, 0.05) is 29.1 Å². The molecule has 0 bridgehead atoms. The summed E-state index contributed by atoms with van der Waals surface area (Å²) in [5.74, 6) is -3.19. The Morgan fingerprint density at radius 2 is 2.00 bits per heavy atom. The van der Waals surface area contributed by atoms with Gasteiger partial charge < -0.3 is 19.8 Å². The number of pyridine rings is 2. The second-order valence-electron chi connectivity index (χ2n) is 8.47. The molecule has 8 nitrogen and oxygen atoms in total. The second kappa shape index (κ2) is 7.98. The quantitative estimate of drug-likeness (QED) is 0.457. The van der Waals surface area contributed by atoms with E-state index in [-0.39, 0.29) is 50.0 Å². The summed E-state index contributed by atoms with van der Waals surface area (Å²) < 4.78 is 40.1. The van der Waals surface area contributed by atoms with E-state index >= 15 is 0 Å². The first kappa shape index (κ1) is 22.1. The molecule has 3 aromatic rings. The minimum atomic E-state index is -1.40. The zero-order valence-corrected chi connectivity index (χ0v) is 18.3.